The first-order valence-electron chi connectivity index (χ1n) is 10.7. The fraction of sp³-hybridized carbons (Fsp3) is 0.818. The van der Waals surface area contributed by atoms with E-state index in [4.69, 9.17) is 14.7 Å². The molecule has 0 bridgehead atoms. The van der Waals surface area contributed by atoms with Crippen molar-refractivity contribution in [2.45, 2.75) is 96.3 Å². The number of ether oxygens (including phenoxy) is 2. The Morgan fingerprint density at radius 2 is 1.83 bits per heavy atom. The Balaban J connectivity index is 4.89. The second kappa shape index (κ2) is 18.3. The highest BCUT2D eigenvalue weighted by Crippen LogP contribution is 2.25. The number of nitrogens with zero attached hydrogens (tertiary/aromatic N) is 2. The molecule has 0 aliphatic carbocycles. The molecule has 0 saturated carbocycles. The lowest BCUT2D eigenvalue weighted by Crippen LogP contribution is -2.34. The molecular weight excluding hydrogens is 372 g/mol. The van der Waals surface area contributed by atoms with E-state index in [2.05, 4.69) is 13.0 Å². The van der Waals surface area contributed by atoms with Crippen molar-refractivity contribution < 1.29 is 19.2 Å². The van der Waals surface area contributed by atoms with Gasteiger partial charge in [-0.05, 0) is 31.8 Å². The summed E-state index contributed by atoms with van der Waals surface area (Å²) >= 11 is 0. The van der Waals surface area contributed by atoms with E-state index < -0.39 is 12.3 Å². The minimum atomic E-state index is -0.793. The van der Waals surface area contributed by atoms with Crippen molar-refractivity contribution in [3.63, 3.8) is 0 Å². The largest absolute Gasteiger partial charge is 0.356 e. The first kappa shape index (κ1) is 27.2. The first-order chi connectivity index (χ1) is 14.0. The van der Waals surface area contributed by atoms with Crippen LogP contribution in [-0.4, -0.2) is 37.3 Å². The molecule has 0 unspecified atom stereocenters. The Morgan fingerprint density at radius 1 is 1.14 bits per heavy atom. The van der Waals surface area contributed by atoms with E-state index in [1.165, 1.54) is 14.2 Å². The van der Waals surface area contributed by atoms with E-state index in [-0.39, 0.29) is 23.0 Å². The average molecular weight is 411 g/mol. The average Bonchev–Trinajstić information content (AvgIpc) is 2.70. The van der Waals surface area contributed by atoms with Gasteiger partial charge in [0.15, 0.2) is 12.1 Å². The van der Waals surface area contributed by atoms with Crippen LogP contribution in [0.15, 0.2) is 12.2 Å². The summed E-state index contributed by atoms with van der Waals surface area (Å²) in [5, 5.41) is 20.3. The number of methoxy groups -OCH3 is 2. The first-order valence-corrected chi connectivity index (χ1v) is 10.7. The Labute approximate surface area is 175 Å². The molecule has 166 valence electrons. The topological polar surface area (TPSA) is 102 Å². The highest BCUT2D eigenvalue weighted by molar-refractivity contribution is 5.89. The van der Waals surface area contributed by atoms with Gasteiger partial charge in [0.2, 0.25) is 6.04 Å². The van der Waals surface area contributed by atoms with Crippen molar-refractivity contribution in [1.29, 1.82) is 5.26 Å². The molecule has 0 radical (unpaired) electrons. The number of rotatable bonds is 19. The van der Waals surface area contributed by atoms with Gasteiger partial charge in [-0.15, -0.1) is 0 Å². The molecule has 29 heavy (non-hydrogen) atoms. The second-order valence-electron chi connectivity index (χ2n) is 7.42. The number of carbonyl (C=O) groups excluding carboxylic acids is 1. The summed E-state index contributed by atoms with van der Waals surface area (Å²) in [7, 11) is 2.95. The molecule has 0 amide bonds. The Bertz CT molecular complexity index is 512. The maximum Gasteiger partial charge on any atom is 0.221 e. The molecule has 7 nitrogen and oxygen atoms in total. The number of hydrogen-bond acceptors (Lipinski definition) is 6. The summed E-state index contributed by atoms with van der Waals surface area (Å²) in [6.07, 6.45) is 11.8. The zero-order chi connectivity index (χ0) is 21.9. The molecule has 0 N–H and O–H groups in total. The van der Waals surface area contributed by atoms with Crippen molar-refractivity contribution in [3.8, 4) is 6.07 Å². The molecule has 0 saturated heterocycles. The Hall–Kier alpha value is -1.78. The molecule has 0 aromatic heterocycles. The van der Waals surface area contributed by atoms with Crippen molar-refractivity contribution in [1.82, 2.24) is 0 Å². The van der Waals surface area contributed by atoms with Crippen molar-refractivity contribution in [2.75, 3.05) is 14.2 Å². The maximum absolute atomic E-state index is 11.9. The highest BCUT2D eigenvalue weighted by Gasteiger charge is 2.33. The molecule has 0 aromatic rings. The van der Waals surface area contributed by atoms with Gasteiger partial charge in [-0.3, -0.25) is 14.9 Å². The molecule has 0 aromatic carbocycles. The van der Waals surface area contributed by atoms with E-state index in [0.717, 1.165) is 44.9 Å². The minimum Gasteiger partial charge on any atom is -0.356 e. The number of allylic oxidation sites excluding steroid dienone is 2. The molecular formula is C22H38N2O5. The maximum atomic E-state index is 11.9. The summed E-state index contributed by atoms with van der Waals surface area (Å²) < 4.78 is 10.3. The van der Waals surface area contributed by atoms with Crippen LogP contribution in [0.2, 0.25) is 0 Å². The molecule has 0 rings (SSSR count). The fourth-order valence-corrected chi connectivity index (χ4v) is 3.37. The normalized spacial score (nSPS) is 13.5. The smallest absolute Gasteiger partial charge is 0.221 e. The molecule has 0 aliphatic rings. The Kier molecular flexibility index (Phi) is 17.1. The standard InChI is InChI=1S/C22H38N2O5/c1-4-5-9-15-20(25)16-12-14-19(13-10-7-6-8-11-17-23)21(24(26)27)18-22(28-2)29-3/h12,16,19,21-22H,4-11,13-15,18H2,1-3H3/b16-12+/t19-,21-/m1/s1. The molecule has 2 atom stereocenters. The van der Waals surface area contributed by atoms with Crippen LogP contribution in [0.3, 0.4) is 0 Å². The predicted octanol–water partition coefficient (Wildman–Crippen LogP) is 5.22. The summed E-state index contributed by atoms with van der Waals surface area (Å²) in [4.78, 5) is 23.4. The number of carbonyl (C=O) groups is 1. The van der Waals surface area contributed by atoms with Crippen molar-refractivity contribution in [2.24, 2.45) is 5.92 Å². The van der Waals surface area contributed by atoms with Crippen LogP contribution in [0.5, 0.6) is 0 Å². The third-order valence-corrected chi connectivity index (χ3v) is 5.16. The van der Waals surface area contributed by atoms with Crippen LogP contribution in [0.25, 0.3) is 0 Å². The van der Waals surface area contributed by atoms with Gasteiger partial charge < -0.3 is 9.47 Å². The monoisotopic (exact) mass is 410 g/mol. The van der Waals surface area contributed by atoms with Gasteiger partial charge in [0, 0.05) is 37.9 Å². The van der Waals surface area contributed by atoms with Crippen LogP contribution in [0.4, 0.5) is 0 Å². The van der Waals surface area contributed by atoms with Gasteiger partial charge >= 0.3 is 0 Å². The number of nitro groups is 1. The van der Waals surface area contributed by atoms with Crippen LogP contribution < -0.4 is 0 Å². The molecule has 0 heterocycles. The van der Waals surface area contributed by atoms with Gasteiger partial charge in [-0.25, -0.2) is 0 Å². The van der Waals surface area contributed by atoms with E-state index in [1.54, 1.807) is 12.2 Å². The number of ketones is 1. The third kappa shape index (κ3) is 13.9. The fourth-order valence-electron chi connectivity index (χ4n) is 3.37. The number of hydrogen-bond donors (Lipinski definition) is 0. The van der Waals surface area contributed by atoms with E-state index in [1.807, 2.05) is 0 Å². The van der Waals surface area contributed by atoms with Crippen molar-refractivity contribution >= 4 is 5.78 Å². The highest BCUT2D eigenvalue weighted by atomic mass is 16.7. The molecule has 7 heteroatoms. The van der Waals surface area contributed by atoms with Gasteiger partial charge in [0.25, 0.3) is 0 Å². The zero-order valence-electron chi connectivity index (χ0n) is 18.3. The summed E-state index contributed by atoms with van der Waals surface area (Å²) in [5.74, 6) is -0.105. The molecule has 0 aliphatic heterocycles. The van der Waals surface area contributed by atoms with Crippen LogP contribution in [0.1, 0.15) is 84.0 Å². The minimum absolute atomic E-state index is 0.0815. The summed E-state index contributed by atoms with van der Waals surface area (Å²) in [6.45, 7) is 2.09. The lowest BCUT2D eigenvalue weighted by molar-refractivity contribution is -0.537. The Morgan fingerprint density at radius 3 is 2.41 bits per heavy atom. The second-order valence-corrected chi connectivity index (χ2v) is 7.42. The van der Waals surface area contributed by atoms with Crippen molar-refractivity contribution in [3.05, 3.63) is 22.3 Å². The number of nitriles is 1. The molecule has 0 fully saturated rings. The van der Waals surface area contributed by atoms with E-state index >= 15 is 0 Å². The SMILES string of the molecule is CCCCCC(=O)/C=C/C[C@@H](CCCCCCC#N)[C@@H](CC(OC)OC)[N+](=O)[O-]. The quantitative estimate of drug-likeness (QED) is 0.0951. The number of unbranched alkanes of at least 4 members (excludes halogenated alkanes) is 6. The van der Waals surface area contributed by atoms with E-state index in [9.17, 15) is 14.9 Å². The summed E-state index contributed by atoms with van der Waals surface area (Å²) in [5.41, 5.74) is 0. The van der Waals surface area contributed by atoms with Crippen LogP contribution in [0, 0.1) is 27.4 Å². The lowest BCUT2D eigenvalue weighted by Gasteiger charge is -2.23. The van der Waals surface area contributed by atoms with Gasteiger partial charge in [0.1, 0.15) is 0 Å². The van der Waals surface area contributed by atoms with E-state index in [0.29, 0.717) is 25.7 Å². The van der Waals surface area contributed by atoms with Gasteiger partial charge in [-0.2, -0.15) is 5.26 Å². The zero-order valence-corrected chi connectivity index (χ0v) is 18.3. The third-order valence-electron chi connectivity index (χ3n) is 5.16. The van der Waals surface area contributed by atoms with Crippen LogP contribution >= 0.6 is 0 Å². The lowest BCUT2D eigenvalue weighted by atomic mass is 9.88. The predicted molar refractivity (Wildman–Crippen MR) is 113 cm³/mol. The van der Waals surface area contributed by atoms with Crippen LogP contribution in [-0.2, 0) is 14.3 Å². The van der Waals surface area contributed by atoms with Gasteiger partial charge in [0.05, 0.1) is 12.5 Å². The molecule has 0 spiro atoms. The van der Waals surface area contributed by atoms with Gasteiger partial charge in [-0.1, -0.05) is 45.1 Å². The summed E-state index contributed by atoms with van der Waals surface area (Å²) in [6, 6.07) is 1.34.